The SMILES string of the molecule is O=C(Nc1ccc2c(c1)OCO2)NC1CCN(c2ccccn2)C1. The zero-order valence-corrected chi connectivity index (χ0v) is 13.1. The number of ether oxygens (including phenoxy) is 2. The molecule has 2 aliphatic rings. The highest BCUT2D eigenvalue weighted by atomic mass is 16.7. The third-order valence-electron chi connectivity index (χ3n) is 4.13. The van der Waals surface area contributed by atoms with Crippen LogP contribution in [0, 0.1) is 0 Å². The van der Waals surface area contributed by atoms with Crippen molar-refractivity contribution >= 4 is 17.5 Å². The summed E-state index contributed by atoms with van der Waals surface area (Å²) < 4.78 is 10.6. The molecule has 1 unspecified atom stereocenters. The number of carbonyl (C=O) groups excluding carboxylic acids is 1. The quantitative estimate of drug-likeness (QED) is 0.904. The monoisotopic (exact) mass is 326 g/mol. The van der Waals surface area contributed by atoms with Crippen molar-refractivity contribution in [2.24, 2.45) is 0 Å². The highest BCUT2D eigenvalue weighted by molar-refractivity contribution is 5.90. The Morgan fingerprint density at radius 1 is 1.21 bits per heavy atom. The van der Waals surface area contributed by atoms with Gasteiger partial charge in [0.15, 0.2) is 11.5 Å². The number of anilines is 2. The minimum atomic E-state index is -0.221. The average Bonchev–Trinajstić information content (AvgIpc) is 3.24. The lowest BCUT2D eigenvalue weighted by molar-refractivity contribution is 0.174. The van der Waals surface area contributed by atoms with Crippen LogP contribution in [0.15, 0.2) is 42.6 Å². The van der Waals surface area contributed by atoms with E-state index in [1.807, 2.05) is 18.2 Å². The van der Waals surface area contributed by atoms with Gasteiger partial charge in [0.05, 0.1) is 0 Å². The molecule has 1 aromatic heterocycles. The Bertz CT molecular complexity index is 738. The molecule has 4 rings (SSSR count). The Hall–Kier alpha value is -2.96. The smallest absolute Gasteiger partial charge is 0.319 e. The fourth-order valence-corrected chi connectivity index (χ4v) is 2.95. The van der Waals surface area contributed by atoms with Gasteiger partial charge in [-0.2, -0.15) is 0 Å². The molecule has 0 radical (unpaired) electrons. The summed E-state index contributed by atoms with van der Waals surface area (Å²) in [6, 6.07) is 11.1. The molecule has 2 amide bonds. The van der Waals surface area contributed by atoms with Gasteiger partial charge >= 0.3 is 6.03 Å². The predicted octanol–water partition coefficient (Wildman–Crippen LogP) is 2.21. The van der Waals surface area contributed by atoms with Gasteiger partial charge in [-0.1, -0.05) is 6.07 Å². The Morgan fingerprint density at radius 3 is 3.00 bits per heavy atom. The Labute approximate surface area is 139 Å². The molecule has 7 heteroatoms. The van der Waals surface area contributed by atoms with Crippen molar-refractivity contribution in [3.05, 3.63) is 42.6 Å². The first-order chi connectivity index (χ1) is 11.8. The van der Waals surface area contributed by atoms with E-state index in [0.29, 0.717) is 17.2 Å². The van der Waals surface area contributed by atoms with Crippen LogP contribution in [0.3, 0.4) is 0 Å². The number of nitrogens with zero attached hydrogens (tertiary/aromatic N) is 2. The fraction of sp³-hybridized carbons (Fsp3) is 0.294. The summed E-state index contributed by atoms with van der Waals surface area (Å²) in [6.45, 7) is 1.86. The molecule has 1 aromatic carbocycles. The molecule has 0 aliphatic carbocycles. The summed E-state index contributed by atoms with van der Waals surface area (Å²) in [7, 11) is 0. The minimum absolute atomic E-state index is 0.0982. The van der Waals surface area contributed by atoms with Crippen molar-refractivity contribution in [2.75, 3.05) is 30.1 Å². The fourth-order valence-electron chi connectivity index (χ4n) is 2.95. The largest absolute Gasteiger partial charge is 0.454 e. The van der Waals surface area contributed by atoms with Gasteiger partial charge in [0, 0.05) is 37.1 Å². The molecule has 2 aromatic rings. The maximum absolute atomic E-state index is 12.2. The van der Waals surface area contributed by atoms with Crippen LogP contribution in [0.1, 0.15) is 6.42 Å². The van der Waals surface area contributed by atoms with E-state index in [9.17, 15) is 4.79 Å². The lowest BCUT2D eigenvalue weighted by atomic mass is 10.2. The predicted molar refractivity (Wildman–Crippen MR) is 89.6 cm³/mol. The van der Waals surface area contributed by atoms with Crippen LogP contribution in [0.25, 0.3) is 0 Å². The first-order valence-corrected chi connectivity index (χ1v) is 7.91. The van der Waals surface area contributed by atoms with Crippen molar-refractivity contribution in [2.45, 2.75) is 12.5 Å². The van der Waals surface area contributed by atoms with Crippen LogP contribution in [0.2, 0.25) is 0 Å². The van der Waals surface area contributed by atoms with Gasteiger partial charge in [0.1, 0.15) is 5.82 Å². The van der Waals surface area contributed by atoms with E-state index in [-0.39, 0.29) is 18.9 Å². The molecule has 1 saturated heterocycles. The van der Waals surface area contributed by atoms with Gasteiger partial charge in [0.25, 0.3) is 0 Å². The van der Waals surface area contributed by atoms with Crippen molar-refractivity contribution < 1.29 is 14.3 Å². The Kier molecular flexibility index (Phi) is 3.82. The number of amides is 2. The number of aromatic nitrogens is 1. The van der Waals surface area contributed by atoms with E-state index in [4.69, 9.17) is 9.47 Å². The molecule has 0 bridgehead atoms. The first kappa shape index (κ1) is 14.6. The highest BCUT2D eigenvalue weighted by Crippen LogP contribution is 2.34. The molecule has 0 spiro atoms. The minimum Gasteiger partial charge on any atom is -0.454 e. The number of benzene rings is 1. The molecule has 124 valence electrons. The molecule has 7 nitrogen and oxygen atoms in total. The second-order valence-corrected chi connectivity index (χ2v) is 5.79. The second kappa shape index (κ2) is 6.27. The van der Waals surface area contributed by atoms with Gasteiger partial charge in [0.2, 0.25) is 6.79 Å². The number of rotatable bonds is 3. The van der Waals surface area contributed by atoms with E-state index < -0.39 is 0 Å². The van der Waals surface area contributed by atoms with Gasteiger partial charge in [-0.3, -0.25) is 0 Å². The lowest BCUT2D eigenvalue weighted by Crippen LogP contribution is -2.39. The number of nitrogens with one attached hydrogen (secondary N) is 2. The maximum atomic E-state index is 12.2. The summed E-state index contributed by atoms with van der Waals surface area (Å²) in [5.74, 6) is 2.29. The maximum Gasteiger partial charge on any atom is 0.319 e. The third-order valence-corrected chi connectivity index (χ3v) is 4.13. The van der Waals surface area contributed by atoms with Crippen molar-refractivity contribution in [1.82, 2.24) is 10.3 Å². The molecule has 0 saturated carbocycles. The van der Waals surface area contributed by atoms with E-state index in [1.54, 1.807) is 24.4 Å². The number of fused-ring (bicyclic) bond motifs is 1. The van der Waals surface area contributed by atoms with Crippen LogP contribution in [-0.2, 0) is 0 Å². The average molecular weight is 326 g/mol. The first-order valence-electron chi connectivity index (χ1n) is 7.91. The number of hydrogen-bond donors (Lipinski definition) is 2. The Balaban J connectivity index is 1.32. The number of hydrogen-bond acceptors (Lipinski definition) is 5. The molecule has 1 atom stereocenters. The zero-order chi connectivity index (χ0) is 16.4. The van der Waals surface area contributed by atoms with Crippen molar-refractivity contribution in [1.29, 1.82) is 0 Å². The number of carbonyl (C=O) groups is 1. The van der Waals surface area contributed by atoms with E-state index in [0.717, 1.165) is 25.3 Å². The summed E-state index contributed by atoms with van der Waals surface area (Å²) >= 11 is 0. The van der Waals surface area contributed by atoms with E-state index >= 15 is 0 Å². The molecular weight excluding hydrogens is 308 g/mol. The van der Waals surface area contributed by atoms with Gasteiger partial charge in [-0.15, -0.1) is 0 Å². The topological polar surface area (TPSA) is 75.7 Å². The second-order valence-electron chi connectivity index (χ2n) is 5.79. The number of pyridine rings is 1. The standard InChI is InChI=1S/C17H18N4O3/c22-17(19-12-4-5-14-15(9-12)24-11-23-14)20-13-6-8-21(10-13)16-3-1-2-7-18-16/h1-5,7,9,13H,6,8,10-11H2,(H2,19,20,22). The molecule has 2 N–H and O–H groups in total. The summed E-state index contributed by atoms with van der Waals surface area (Å²) in [4.78, 5) is 18.7. The lowest BCUT2D eigenvalue weighted by Gasteiger charge is -2.18. The van der Waals surface area contributed by atoms with Crippen LogP contribution in [-0.4, -0.2) is 36.9 Å². The van der Waals surface area contributed by atoms with Crippen LogP contribution in [0.5, 0.6) is 11.5 Å². The van der Waals surface area contributed by atoms with Gasteiger partial charge in [-0.25, -0.2) is 9.78 Å². The summed E-state index contributed by atoms with van der Waals surface area (Å²) in [6.07, 6.45) is 2.67. The van der Waals surface area contributed by atoms with Gasteiger partial charge in [-0.05, 0) is 30.7 Å². The van der Waals surface area contributed by atoms with E-state index in [2.05, 4.69) is 20.5 Å². The normalized spacial score (nSPS) is 18.5. The summed E-state index contributed by atoms with van der Waals surface area (Å²) in [5.41, 5.74) is 0.677. The van der Waals surface area contributed by atoms with Crippen LogP contribution < -0.4 is 25.0 Å². The molecule has 2 aliphatic heterocycles. The summed E-state index contributed by atoms with van der Waals surface area (Å²) in [5, 5.41) is 5.84. The molecule has 3 heterocycles. The Morgan fingerprint density at radius 2 is 2.12 bits per heavy atom. The van der Waals surface area contributed by atoms with Crippen LogP contribution >= 0.6 is 0 Å². The van der Waals surface area contributed by atoms with E-state index in [1.165, 1.54) is 0 Å². The van der Waals surface area contributed by atoms with Crippen molar-refractivity contribution in [3.63, 3.8) is 0 Å². The molecular formula is C17H18N4O3. The number of urea groups is 1. The van der Waals surface area contributed by atoms with Gasteiger partial charge < -0.3 is 25.0 Å². The molecule has 1 fully saturated rings. The third kappa shape index (κ3) is 3.05. The van der Waals surface area contributed by atoms with Crippen molar-refractivity contribution in [3.8, 4) is 11.5 Å². The van der Waals surface area contributed by atoms with Crippen LogP contribution in [0.4, 0.5) is 16.3 Å². The highest BCUT2D eigenvalue weighted by Gasteiger charge is 2.24. The molecule has 24 heavy (non-hydrogen) atoms. The zero-order valence-electron chi connectivity index (χ0n) is 13.1.